The van der Waals surface area contributed by atoms with Crippen molar-refractivity contribution in [1.82, 2.24) is 10.3 Å². The van der Waals surface area contributed by atoms with Crippen LogP contribution in [0.15, 0.2) is 60.7 Å². The maximum atomic E-state index is 12.5. The van der Waals surface area contributed by atoms with Crippen molar-refractivity contribution in [3.05, 3.63) is 71.2 Å². The number of benzene rings is 3. The normalized spacial score (nSPS) is 10.6. The number of hydrogen-bond acceptors (Lipinski definition) is 6. The number of carbonyl (C=O) groups excluding carboxylic acids is 1. The fourth-order valence-corrected chi connectivity index (χ4v) is 4.38. The van der Waals surface area contributed by atoms with Crippen molar-refractivity contribution < 1.29 is 14.6 Å². The van der Waals surface area contributed by atoms with Crippen LogP contribution in [0.2, 0.25) is 5.02 Å². The van der Waals surface area contributed by atoms with Crippen molar-refractivity contribution >= 4 is 62.1 Å². The molecule has 1 aromatic heterocycles. The van der Waals surface area contributed by atoms with Gasteiger partial charge in [0.1, 0.15) is 16.5 Å². The Labute approximate surface area is 192 Å². The number of fused-ring (bicyclic) bond motifs is 1. The van der Waals surface area contributed by atoms with E-state index in [1.54, 1.807) is 30.3 Å². The number of hydrogen-bond donors (Lipinski definition) is 3. The summed E-state index contributed by atoms with van der Waals surface area (Å²) in [5.74, 6) is 0.171. The Morgan fingerprint density at radius 3 is 2.71 bits per heavy atom. The monoisotopic (exact) mass is 469 g/mol. The van der Waals surface area contributed by atoms with Crippen LogP contribution in [0.3, 0.4) is 0 Å². The number of phenolic OH excluding ortho intramolecular Hbond substituents is 1. The van der Waals surface area contributed by atoms with Gasteiger partial charge < -0.3 is 15.2 Å². The number of thiocarbonyl (C=S) groups is 1. The molecule has 0 aliphatic heterocycles. The molecule has 0 aliphatic rings. The molecule has 3 aromatic carbocycles. The van der Waals surface area contributed by atoms with Gasteiger partial charge in [0, 0.05) is 11.3 Å². The Bertz CT molecular complexity index is 1270. The van der Waals surface area contributed by atoms with Crippen molar-refractivity contribution in [3.63, 3.8) is 0 Å². The lowest BCUT2D eigenvalue weighted by molar-refractivity contribution is 0.0977. The number of thiazole rings is 1. The van der Waals surface area contributed by atoms with Crippen LogP contribution >= 0.6 is 35.2 Å². The molecule has 156 valence electrons. The zero-order chi connectivity index (χ0) is 22.0. The second-order valence-electron chi connectivity index (χ2n) is 6.48. The van der Waals surface area contributed by atoms with Crippen molar-refractivity contribution in [2.75, 3.05) is 12.4 Å². The largest absolute Gasteiger partial charge is 0.507 e. The van der Waals surface area contributed by atoms with Crippen LogP contribution < -0.4 is 15.4 Å². The van der Waals surface area contributed by atoms with E-state index in [-0.39, 0.29) is 10.9 Å². The lowest BCUT2D eigenvalue weighted by Crippen LogP contribution is -2.34. The minimum absolute atomic E-state index is 0.104. The Hall–Kier alpha value is -3.20. The molecule has 0 spiro atoms. The second-order valence-corrected chi connectivity index (χ2v) is 8.32. The highest BCUT2D eigenvalue weighted by molar-refractivity contribution is 7.80. The van der Waals surface area contributed by atoms with E-state index >= 15 is 0 Å². The van der Waals surface area contributed by atoms with E-state index < -0.39 is 5.91 Å². The molecular formula is C22H16ClN3O3S2. The van der Waals surface area contributed by atoms with Crippen LogP contribution in [-0.2, 0) is 0 Å². The van der Waals surface area contributed by atoms with Gasteiger partial charge in [0.15, 0.2) is 5.11 Å². The summed E-state index contributed by atoms with van der Waals surface area (Å²) in [6.45, 7) is 0. The average molecular weight is 470 g/mol. The van der Waals surface area contributed by atoms with Crippen LogP contribution in [0.1, 0.15) is 10.4 Å². The number of nitrogens with zero attached hydrogens (tertiary/aromatic N) is 1. The Morgan fingerprint density at radius 2 is 1.97 bits per heavy atom. The number of nitrogens with one attached hydrogen (secondary N) is 2. The van der Waals surface area contributed by atoms with Gasteiger partial charge in [0.25, 0.3) is 5.91 Å². The van der Waals surface area contributed by atoms with Gasteiger partial charge in [-0.3, -0.25) is 10.1 Å². The number of rotatable bonds is 4. The average Bonchev–Trinajstić information content (AvgIpc) is 3.19. The number of amides is 1. The molecule has 3 N–H and O–H groups in total. The quantitative estimate of drug-likeness (QED) is 0.272. The number of carbonyl (C=O) groups is 1. The molecule has 0 bridgehead atoms. The number of para-hydroxylation sites is 1. The van der Waals surface area contributed by atoms with Crippen LogP contribution in [0.4, 0.5) is 5.69 Å². The lowest BCUT2D eigenvalue weighted by Gasteiger charge is -2.12. The second kappa shape index (κ2) is 8.89. The molecule has 31 heavy (non-hydrogen) atoms. The molecule has 0 saturated carbocycles. The van der Waals surface area contributed by atoms with Gasteiger partial charge in [0.2, 0.25) is 0 Å². The summed E-state index contributed by atoms with van der Waals surface area (Å²) in [7, 11) is 1.50. The third-order valence-corrected chi connectivity index (χ3v) is 5.99. The van der Waals surface area contributed by atoms with Gasteiger partial charge >= 0.3 is 0 Å². The molecule has 0 unspecified atom stereocenters. The molecule has 6 nitrogen and oxygen atoms in total. The Kier molecular flexibility index (Phi) is 6.03. The van der Waals surface area contributed by atoms with Gasteiger partial charge in [0.05, 0.1) is 27.9 Å². The summed E-state index contributed by atoms with van der Waals surface area (Å²) in [6, 6.07) is 17.4. The first kappa shape index (κ1) is 21.0. The molecule has 0 aliphatic carbocycles. The molecule has 0 fully saturated rings. The first-order valence-corrected chi connectivity index (χ1v) is 10.7. The number of aromatic nitrogens is 1. The summed E-state index contributed by atoms with van der Waals surface area (Å²) < 4.78 is 6.11. The van der Waals surface area contributed by atoms with E-state index in [0.29, 0.717) is 32.6 Å². The Morgan fingerprint density at radius 1 is 1.16 bits per heavy atom. The van der Waals surface area contributed by atoms with E-state index in [4.69, 9.17) is 28.6 Å². The first-order chi connectivity index (χ1) is 14.9. The molecule has 1 heterocycles. The van der Waals surface area contributed by atoms with Crippen molar-refractivity contribution in [1.29, 1.82) is 0 Å². The summed E-state index contributed by atoms with van der Waals surface area (Å²) in [4.78, 5) is 17.0. The highest BCUT2D eigenvalue weighted by atomic mass is 35.5. The molecule has 4 aromatic rings. The molecule has 0 saturated heterocycles. The summed E-state index contributed by atoms with van der Waals surface area (Å²) in [5, 5.41) is 17.0. The fraction of sp³-hybridized carbons (Fsp3) is 0.0455. The maximum absolute atomic E-state index is 12.5. The van der Waals surface area contributed by atoms with Gasteiger partial charge in [-0.1, -0.05) is 23.7 Å². The van der Waals surface area contributed by atoms with Crippen LogP contribution in [-0.4, -0.2) is 28.2 Å². The predicted octanol–water partition coefficient (Wildman–Crippen LogP) is 5.46. The Balaban J connectivity index is 1.50. The van der Waals surface area contributed by atoms with E-state index in [0.717, 1.165) is 10.2 Å². The first-order valence-electron chi connectivity index (χ1n) is 9.09. The van der Waals surface area contributed by atoms with E-state index in [2.05, 4.69) is 15.6 Å². The SMILES string of the molecule is COc1ccc(C(=O)NC(=S)Nc2ccc(O)c(-c3nc4ccccc4s3)c2)cc1Cl. The van der Waals surface area contributed by atoms with Gasteiger partial charge in [-0.2, -0.15) is 0 Å². The van der Waals surface area contributed by atoms with E-state index in [1.807, 2.05) is 24.3 Å². The highest BCUT2D eigenvalue weighted by Crippen LogP contribution is 2.36. The number of aromatic hydroxyl groups is 1. The van der Waals surface area contributed by atoms with E-state index in [9.17, 15) is 9.90 Å². The van der Waals surface area contributed by atoms with Crippen molar-refractivity contribution in [2.45, 2.75) is 0 Å². The molecule has 4 rings (SSSR count). The fourth-order valence-electron chi connectivity index (χ4n) is 2.92. The van der Waals surface area contributed by atoms with Crippen molar-refractivity contribution in [2.24, 2.45) is 0 Å². The maximum Gasteiger partial charge on any atom is 0.257 e. The molecule has 9 heteroatoms. The standard InChI is InChI=1S/C22H16ClN3O3S2/c1-29-18-9-6-12(10-15(18)23)20(28)26-22(30)24-13-7-8-17(27)14(11-13)21-25-16-4-2-3-5-19(16)31-21/h2-11,27H,1H3,(H2,24,26,28,30). The number of methoxy groups -OCH3 is 1. The van der Waals surface area contributed by atoms with Crippen molar-refractivity contribution in [3.8, 4) is 22.1 Å². The molecule has 0 radical (unpaired) electrons. The molecular weight excluding hydrogens is 454 g/mol. The third kappa shape index (κ3) is 4.61. The number of anilines is 1. The smallest absolute Gasteiger partial charge is 0.257 e. The van der Waals surface area contributed by atoms with E-state index in [1.165, 1.54) is 24.5 Å². The van der Waals surface area contributed by atoms with Crippen LogP contribution in [0.5, 0.6) is 11.5 Å². The van der Waals surface area contributed by atoms with Gasteiger partial charge in [-0.25, -0.2) is 4.98 Å². The zero-order valence-corrected chi connectivity index (χ0v) is 18.6. The third-order valence-electron chi connectivity index (χ3n) is 4.42. The van der Waals surface area contributed by atoms with Crippen LogP contribution in [0, 0.1) is 0 Å². The number of phenols is 1. The number of halogens is 1. The molecule has 0 atom stereocenters. The van der Waals surface area contributed by atoms with Crippen LogP contribution in [0.25, 0.3) is 20.8 Å². The summed E-state index contributed by atoms with van der Waals surface area (Å²) in [6.07, 6.45) is 0. The molecule has 1 amide bonds. The minimum atomic E-state index is -0.410. The predicted molar refractivity (Wildman–Crippen MR) is 128 cm³/mol. The topological polar surface area (TPSA) is 83.5 Å². The highest BCUT2D eigenvalue weighted by Gasteiger charge is 2.14. The van der Waals surface area contributed by atoms with Gasteiger partial charge in [-0.15, -0.1) is 11.3 Å². The van der Waals surface area contributed by atoms with Gasteiger partial charge in [-0.05, 0) is 60.7 Å². The lowest BCUT2D eigenvalue weighted by atomic mass is 10.2. The summed E-state index contributed by atoms with van der Waals surface area (Å²) in [5.41, 5.74) is 2.38. The number of ether oxygens (including phenoxy) is 1. The summed E-state index contributed by atoms with van der Waals surface area (Å²) >= 11 is 12.8. The minimum Gasteiger partial charge on any atom is -0.507 e. The zero-order valence-electron chi connectivity index (χ0n) is 16.2.